The van der Waals surface area contributed by atoms with E-state index < -0.39 is 22.4 Å². The van der Waals surface area contributed by atoms with Crippen LogP contribution in [0.4, 0.5) is 0 Å². The minimum atomic E-state index is -1.72. The molecule has 0 saturated carbocycles. The number of carbonyl (C=O) groups is 2. The van der Waals surface area contributed by atoms with Gasteiger partial charge in [0.1, 0.15) is 23.7 Å². The van der Waals surface area contributed by atoms with E-state index in [2.05, 4.69) is 0 Å². The molecule has 2 N–H and O–H groups in total. The number of alkyl halides is 3. The van der Waals surface area contributed by atoms with Crippen LogP contribution in [0.1, 0.15) is 0 Å². The fraction of sp³-hybridized carbons (Fsp3) is 0.556. The second-order valence-electron chi connectivity index (χ2n) is 3.88. The maximum Gasteiger partial charge on any atom is 0.356 e. The number of hydrogen-bond acceptors (Lipinski definition) is 5. The molecule has 0 spiro atoms. The number of fused-ring (bicyclic) bond motifs is 1. The molecule has 0 aromatic rings. The summed E-state index contributed by atoms with van der Waals surface area (Å²) in [5, 5.41) is -0.0823. The fourth-order valence-corrected chi connectivity index (χ4v) is 3.34. The van der Waals surface area contributed by atoms with Crippen LogP contribution < -0.4 is 5.73 Å². The predicted molar refractivity (Wildman–Crippen MR) is 75.2 cm³/mol. The number of ether oxygens (including phenoxy) is 1. The van der Waals surface area contributed by atoms with E-state index in [1.54, 1.807) is 0 Å². The average molecular weight is 366 g/mol. The molecule has 0 bridgehead atoms. The summed E-state index contributed by atoms with van der Waals surface area (Å²) in [6.07, 6.45) is 0. The Labute approximate surface area is 133 Å². The highest BCUT2D eigenvalue weighted by Crippen LogP contribution is 2.41. The van der Waals surface area contributed by atoms with Gasteiger partial charge in [0.2, 0.25) is 9.70 Å². The molecule has 10 heteroatoms. The van der Waals surface area contributed by atoms with E-state index in [9.17, 15) is 9.59 Å². The number of rotatable bonds is 2. The summed E-state index contributed by atoms with van der Waals surface area (Å²) >= 11 is 23.8. The van der Waals surface area contributed by atoms with Crippen molar-refractivity contribution in [3.05, 3.63) is 10.7 Å². The zero-order valence-electron chi connectivity index (χ0n) is 9.24. The molecule has 2 rings (SSSR count). The van der Waals surface area contributed by atoms with E-state index in [1.807, 2.05) is 0 Å². The second kappa shape index (κ2) is 5.50. The predicted octanol–water partition coefficient (Wildman–Crippen LogP) is 1.59. The van der Waals surface area contributed by atoms with Crippen LogP contribution in [-0.4, -0.2) is 44.3 Å². The van der Waals surface area contributed by atoms with Crippen LogP contribution >= 0.6 is 58.2 Å². The van der Waals surface area contributed by atoms with Crippen LogP contribution in [0.25, 0.3) is 0 Å². The first-order valence-corrected chi connectivity index (χ1v) is 7.61. The largest absolute Gasteiger partial charge is 0.456 e. The molecule has 1 saturated heterocycles. The van der Waals surface area contributed by atoms with Crippen molar-refractivity contribution in [2.45, 2.75) is 15.2 Å². The Bertz CT molecular complexity index is 465. The molecule has 5 nitrogen and oxygen atoms in total. The molecule has 0 aromatic carbocycles. The number of amides is 1. The average Bonchev–Trinajstić information content (AvgIpc) is 2.33. The van der Waals surface area contributed by atoms with Crippen LogP contribution in [0.5, 0.6) is 0 Å². The molecular formula is C9H8Cl4N2O3S. The molecule has 19 heavy (non-hydrogen) atoms. The van der Waals surface area contributed by atoms with Crippen molar-refractivity contribution in [2.24, 2.45) is 5.73 Å². The third-order valence-electron chi connectivity index (χ3n) is 2.52. The van der Waals surface area contributed by atoms with Crippen molar-refractivity contribution >= 4 is 70.0 Å². The number of nitrogens with two attached hydrogens (primary N) is 1. The van der Waals surface area contributed by atoms with Crippen molar-refractivity contribution in [3.8, 4) is 0 Å². The lowest BCUT2D eigenvalue weighted by Crippen LogP contribution is -2.68. The van der Waals surface area contributed by atoms with Crippen molar-refractivity contribution < 1.29 is 14.3 Å². The number of hydrogen-bond donors (Lipinski definition) is 1. The smallest absolute Gasteiger partial charge is 0.356 e. The van der Waals surface area contributed by atoms with Gasteiger partial charge in [-0.25, -0.2) is 4.79 Å². The Morgan fingerprint density at radius 1 is 1.53 bits per heavy atom. The molecule has 2 heterocycles. The molecule has 1 fully saturated rings. The highest BCUT2D eigenvalue weighted by atomic mass is 35.6. The summed E-state index contributed by atoms with van der Waals surface area (Å²) in [4.78, 5) is 24.8. The third kappa shape index (κ3) is 3.09. The molecule has 0 radical (unpaired) electrons. The maximum absolute atomic E-state index is 11.9. The zero-order valence-corrected chi connectivity index (χ0v) is 13.1. The van der Waals surface area contributed by atoms with E-state index >= 15 is 0 Å². The summed E-state index contributed by atoms with van der Waals surface area (Å²) in [6, 6.07) is -0.634. The van der Waals surface area contributed by atoms with E-state index in [1.165, 1.54) is 16.7 Å². The van der Waals surface area contributed by atoms with Gasteiger partial charge in [-0.2, -0.15) is 0 Å². The van der Waals surface area contributed by atoms with Crippen LogP contribution in [0.3, 0.4) is 0 Å². The summed E-state index contributed by atoms with van der Waals surface area (Å²) < 4.78 is 3.11. The van der Waals surface area contributed by atoms with Crippen molar-refractivity contribution in [3.63, 3.8) is 0 Å². The lowest BCUT2D eigenvalue weighted by Gasteiger charge is -2.47. The summed E-state index contributed by atoms with van der Waals surface area (Å²) in [7, 11) is 0. The SMILES string of the molecule is NC1C(=O)N2C(C(=O)OCC(Cl)(Cl)Cl)=C(Cl)CS[C@H]12. The molecule has 2 aliphatic heterocycles. The molecule has 1 amide bonds. The van der Waals surface area contributed by atoms with E-state index in [0.29, 0.717) is 5.75 Å². The molecule has 1 unspecified atom stereocenters. The van der Waals surface area contributed by atoms with Gasteiger partial charge in [0.05, 0.1) is 5.03 Å². The summed E-state index contributed by atoms with van der Waals surface area (Å²) in [5.74, 6) is -0.805. The first-order valence-electron chi connectivity index (χ1n) is 5.05. The quantitative estimate of drug-likeness (QED) is 0.457. The number of esters is 1. The fourth-order valence-electron chi connectivity index (χ4n) is 1.68. The first kappa shape index (κ1) is 15.5. The molecule has 2 aliphatic rings. The molecule has 0 aromatic heterocycles. The Balaban J connectivity index is 2.13. The second-order valence-corrected chi connectivity index (χ2v) is 7.96. The Kier molecular flexibility index (Phi) is 4.50. The number of nitrogens with zero attached hydrogens (tertiary/aromatic N) is 1. The third-order valence-corrected chi connectivity index (χ3v) is 4.62. The minimum absolute atomic E-state index is 0.0219. The zero-order chi connectivity index (χ0) is 14.4. The summed E-state index contributed by atoms with van der Waals surface area (Å²) in [6.45, 7) is -0.434. The van der Waals surface area contributed by atoms with Gasteiger partial charge in [-0.3, -0.25) is 9.69 Å². The van der Waals surface area contributed by atoms with Gasteiger partial charge < -0.3 is 10.5 Å². The number of thioether (sulfide) groups is 1. The molecule has 0 aliphatic carbocycles. The van der Waals surface area contributed by atoms with Crippen molar-refractivity contribution in [1.82, 2.24) is 4.90 Å². The topological polar surface area (TPSA) is 72.6 Å². The van der Waals surface area contributed by atoms with Crippen LogP contribution in [0, 0.1) is 0 Å². The van der Waals surface area contributed by atoms with Crippen molar-refractivity contribution in [2.75, 3.05) is 12.4 Å². The monoisotopic (exact) mass is 364 g/mol. The number of β-lactam (4-membered cyclic amide) rings is 1. The molecule has 106 valence electrons. The van der Waals surface area contributed by atoms with Gasteiger partial charge in [-0.05, 0) is 0 Å². The Hall–Kier alpha value is 0.150. The molecule has 2 atom stereocenters. The van der Waals surface area contributed by atoms with Crippen molar-refractivity contribution in [1.29, 1.82) is 0 Å². The van der Waals surface area contributed by atoms with Crippen LogP contribution in [0.2, 0.25) is 0 Å². The first-order chi connectivity index (χ1) is 8.72. The summed E-state index contributed by atoms with van der Waals surface area (Å²) in [5.41, 5.74) is 5.61. The van der Waals surface area contributed by atoms with Gasteiger partial charge in [0, 0.05) is 5.75 Å². The lowest BCUT2D eigenvalue weighted by atomic mass is 10.1. The van der Waals surface area contributed by atoms with Crippen LogP contribution in [0.15, 0.2) is 10.7 Å². The molecular weight excluding hydrogens is 358 g/mol. The van der Waals surface area contributed by atoms with Gasteiger partial charge in [0.25, 0.3) is 0 Å². The highest BCUT2D eigenvalue weighted by molar-refractivity contribution is 8.00. The van der Waals surface area contributed by atoms with E-state index in [4.69, 9.17) is 56.9 Å². The normalized spacial score (nSPS) is 27.0. The standard InChI is InChI=1S/C9H8Cl4N2O3S/c10-3-1-19-7-4(14)6(16)15(7)5(3)8(17)18-2-9(11,12)13/h4,7H,1-2,14H2/t4?,7-/m1/s1. The maximum atomic E-state index is 11.9. The van der Waals surface area contributed by atoms with Gasteiger partial charge >= 0.3 is 5.97 Å². The Morgan fingerprint density at radius 2 is 2.16 bits per heavy atom. The number of carbonyl (C=O) groups excluding carboxylic acids is 2. The minimum Gasteiger partial charge on any atom is -0.456 e. The van der Waals surface area contributed by atoms with Gasteiger partial charge in [-0.1, -0.05) is 46.4 Å². The van der Waals surface area contributed by atoms with E-state index in [0.717, 1.165) is 0 Å². The van der Waals surface area contributed by atoms with E-state index in [-0.39, 0.29) is 22.0 Å². The number of halogens is 4. The Morgan fingerprint density at radius 3 is 2.74 bits per heavy atom. The van der Waals surface area contributed by atoms with Gasteiger partial charge in [-0.15, -0.1) is 11.8 Å². The van der Waals surface area contributed by atoms with Gasteiger partial charge in [0.15, 0.2) is 0 Å². The van der Waals surface area contributed by atoms with Crippen LogP contribution in [-0.2, 0) is 14.3 Å². The highest BCUT2D eigenvalue weighted by Gasteiger charge is 2.52. The lowest BCUT2D eigenvalue weighted by molar-refractivity contribution is -0.150.